The minimum Gasteiger partial charge on any atom is -0.454 e. The van der Waals surface area contributed by atoms with Crippen LogP contribution in [0.2, 0.25) is 5.02 Å². The van der Waals surface area contributed by atoms with Gasteiger partial charge >= 0.3 is 0 Å². The quantitative estimate of drug-likeness (QED) is 0.798. The molecule has 0 radical (unpaired) electrons. The lowest BCUT2D eigenvalue weighted by molar-refractivity contribution is 0.151. The molecule has 3 unspecified atom stereocenters. The number of pyridine rings is 1. The summed E-state index contributed by atoms with van der Waals surface area (Å²) in [5.41, 5.74) is 3.92. The van der Waals surface area contributed by atoms with Gasteiger partial charge in [0.05, 0.1) is 5.02 Å². The van der Waals surface area contributed by atoms with E-state index < -0.39 is 0 Å². The maximum Gasteiger partial charge on any atom is 0.231 e. The Morgan fingerprint density at radius 3 is 3.04 bits per heavy atom. The summed E-state index contributed by atoms with van der Waals surface area (Å²) in [6.45, 7) is 3.78. The Labute approximate surface area is 159 Å². The second-order valence-corrected chi connectivity index (χ2v) is 8.27. The molecule has 3 aliphatic rings. The smallest absolute Gasteiger partial charge is 0.231 e. The number of aromatic nitrogens is 1. The van der Waals surface area contributed by atoms with Crippen molar-refractivity contribution in [2.75, 3.05) is 13.3 Å². The van der Waals surface area contributed by atoms with Crippen molar-refractivity contribution in [1.29, 1.82) is 0 Å². The Hall–Kier alpha value is -1.78. The number of nitrogens with zero attached hydrogens (tertiary/aromatic N) is 2. The number of rotatable bonds is 4. The van der Waals surface area contributed by atoms with Gasteiger partial charge in [-0.05, 0) is 54.5 Å². The van der Waals surface area contributed by atoms with Gasteiger partial charge in [0.2, 0.25) is 6.79 Å². The third-order valence-corrected chi connectivity index (χ3v) is 6.15. The molecular formula is C21H23ClN2O2. The number of fused-ring (bicyclic) bond motifs is 5. The highest BCUT2D eigenvalue weighted by Gasteiger charge is 2.40. The number of benzene rings is 1. The molecule has 5 heteroatoms. The maximum absolute atomic E-state index is 6.22. The molecule has 26 heavy (non-hydrogen) atoms. The van der Waals surface area contributed by atoms with Gasteiger partial charge in [0.15, 0.2) is 11.5 Å². The van der Waals surface area contributed by atoms with Crippen molar-refractivity contribution in [3.63, 3.8) is 0 Å². The van der Waals surface area contributed by atoms with Gasteiger partial charge in [-0.15, -0.1) is 0 Å². The van der Waals surface area contributed by atoms with Crippen LogP contribution in [0.4, 0.5) is 0 Å². The van der Waals surface area contributed by atoms with Gasteiger partial charge in [-0.25, -0.2) is 0 Å². The average Bonchev–Trinajstić information content (AvgIpc) is 3.18. The SMILES string of the molecule is CC(Cc1ccc2c(c1)OCO2)CN1C2CCC1c1cc(Cl)cnc1C2. The van der Waals surface area contributed by atoms with E-state index in [1.807, 2.05) is 6.07 Å². The molecule has 2 bridgehead atoms. The summed E-state index contributed by atoms with van der Waals surface area (Å²) in [5, 5.41) is 0.752. The van der Waals surface area contributed by atoms with E-state index in [0.29, 0.717) is 24.8 Å². The van der Waals surface area contributed by atoms with Crippen LogP contribution in [-0.4, -0.2) is 29.3 Å². The van der Waals surface area contributed by atoms with Crippen LogP contribution < -0.4 is 9.47 Å². The van der Waals surface area contributed by atoms with Crippen LogP contribution in [-0.2, 0) is 12.8 Å². The maximum atomic E-state index is 6.22. The monoisotopic (exact) mass is 370 g/mol. The van der Waals surface area contributed by atoms with Crippen molar-refractivity contribution in [3.05, 3.63) is 52.3 Å². The normalized spacial score (nSPS) is 24.5. The summed E-state index contributed by atoms with van der Waals surface area (Å²) in [7, 11) is 0. The van der Waals surface area contributed by atoms with E-state index in [4.69, 9.17) is 21.1 Å². The number of hydrogen-bond donors (Lipinski definition) is 0. The Morgan fingerprint density at radius 1 is 1.23 bits per heavy atom. The molecule has 2 aromatic rings. The molecular weight excluding hydrogens is 348 g/mol. The Balaban J connectivity index is 1.30. The molecule has 1 aromatic carbocycles. The number of hydrogen-bond acceptors (Lipinski definition) is 4. The minimum atomic E-state index is 0.335. The van der Waals surface area contributed by atoms with Gasteiger partial charge in [-0.1, -0.05) is 24.6 Å². The zero-order valence-electron chi connectivity index (χ0n) is 15.0. The van der Waals surface area contributed by atoms with Crippen molar-refractivity contribution in [2.45, 2.75) is 44.7 Å². The highest BCUT2D eigenvalue weighted by molar-refractivity contribution is 6.30. The van der Waals surface area contributed by atoms with Crippen LogP contribution in [0, 0.1) is 5.92 Å². The fourth-order valence-corrected chi connectivity index (χ4v) is 4.99. The summed E-state index contributed by atoms with van der Waals surface area (Å²) >= 11 is 6.22. The van der Waals surface area contributed by atoms with Crippen LogP contribution in [0.3, 0.4) is 0 Å². The van der Waals surface area contributed by atoms with E-state index in [2.05, 4.69) is 35.0 Å². The Morgan fingerprint density at radius 2 is 2.12 bits per heavy atom. The molecule has 1 saturated heterocycles. The molecule has 0 amide bonds. The van der Waals surface area contributed by atoms with E-state index in [0.717, 1.165) is 35.9 Å². The van der Waals surface area contributed by atoms with Crippen molar-refractivity contribution >= 4 is 11.6 Å². The standard InChI is InChI=1S/C21H23ClN2O2/c1-13(6-14-2-5-20-21(7-14)26-12-25-20)11-24-16-3-4-19(24)17-8-15(22)10-23-18(17)9-16/h2,5,7-8,10,13,16,19H,3-4,6,9,11-12H2,1H3. The Kier molecular flexibility index (Phi) is 4.06. The topological polar surface area (TPSA) is 34.6 Å². The molecule has 0 spiro atoms. The van der Waals surface area contributed by atoms with Crippen molar-refractivity contribution < 1.29 is 9.47 Å². The minimum absolute atomic E-state index is 0.335. The lowest BCUT2D eigenvalue weighted by atomic mass is 9.94. The van der Waals surface area contributed by atoms with Crippen LogP contribution in [0.15, 0.2) is 30.5 Å². The predicted molar refractivity (Wildman–Crippen MR) is 101 cm³/mol. The van der Waals surface area contributed by atoms with Gasteiger partial charge in [0.25, 0.3) is 0 Å². The first-order chi connectivity index (χ1) is 12.7. The fourth-order valence-electron chi connectivity index (χ4n) is 4.83. The van der Waals surface area contributed by atoms with Crippen molar-refractivity contribution in [3.8, 4) is 11.5 Å². The molecule has 3 aliphatic heterocycles. The van der Waals surface area contributed by atoms with Crippen LogP contribution in [0.1, 0.15) is 42.6 Å². The first-order valence-corrected chi connectivity index (χ1v) is 9.84. The largest absolute Gasteiger partial charge is 0.454 e. The summed E-state index contributed by atoms with van der Waals surface area (Å²) in [6, 6.07) is 9.55. The predicted octanol–water partition coefficient (Wildman–Crippen LogP) is 4.40. The van der Waals surface area contributed by atoms with E-state index >= 15 is 0 Å². The van der Waals surface area contributed by atoms with Crippen molar-refractivity contribution in [1.82, 2.24) is 9.88 Å². The van der Waals surface area contributed by atoms with Gasteiger partial charge in [-0.3, -0.25) is 9.88 Å². The lowest BCUT2D eigenvalue weighted by Gasteiger charge is -2.37. The first-order valence-electron chi connectivity index (χ1n) is 9.46. The summed E-state index contributed by atoms with van der Waals surface area (Å²) in [4.78, 5) is 7.28. The molecule has 4 nitrogen and oxygen atoms in total. The third kappa shape index (κ3) is 2.85. The highest BCUT2D eigenvalue weighted by Crippen LogP contribution is 2.44. The summed E-state index contributed by atoms with van der Waals surface area (Å²) < 4.78 is 10.9. The van der Waals surface area contributed by atoms with Gasteiger partial charge in [0.1, 0.15) is 0 Å². The van der Waals surface area contributed by atoms with E-state index in [1.54, 1.807) is 6.20 Å². The first kappa shape index (κ1) is 16.4. The van der Waals surface area contributed by atoms with Crippen LogP contribution in [0.25, 0.3) is 0 Å². The molecule has 4 heterocycles. The van der Waals surface area contributed by atoms with E-state index in [1.165, 1.54) is 29.7 Å². The second kappa shape index (κ2) is 6.43. The molecule has 136 valence electrons. The van der Waals surface area contributed by atoms with Gasteiger partial charge < -0.3 is 9.47 Å². The number of halogens is 1. The third-order valence-electron chi connectivity index (χ3n) is 5.94. The zero-order valence-corrected chi connectivity index (χ0v) is 15.7. The lowest BCUT2D eigenvalue weighted by Crippen LogP contribution is -2.40. The molecule has 1 fully saturated rings. The van der Waals surface area contributed by atoms with Gasteiger partial charge in [-0.2, -0.15) is 0 Å². The fraction of sp³-hybridized carbons (Fsp3) is 0.476. The second-order valence-electron chi connectivity index (χ2n) is 7.83. The molecule has 0 N–H and O–H groups in total. The summed E-state index contributed by atoms with van der Waals surface area (Å²) in [5.74, 6) is 2.31. The zero-order chi connectivity index (χ0) is 17.7. The summed E-state index contributed by atoms with van der Waals surface area (Å²) in [6.07, 6.45) is 6.37. The highest BCUT2D eigenvalue weighted by atomic mass is 35.5. The van der Waals surface area contributed by atoms with E-state index in [9.17, 15) is 0 Å². The van der Waals surface area contributed by atoms with Crippen LogP contribution in [0.5, 0.6) is 11.5 Å². The average molecular weight is 371 g/mol. The molecule has 3 atom stereocenters. The van der Waals surface area contributed by atoms with E-state index in [-0.39, 0.29) is 0 Å². The number of ether oxygens (including phenoxy) is 2. The molecule has 1 aromatic heterocycles. The molecule has 0 aliphatic carbocycles. The molecule has 5 rings (SSSR count). The van der Waals surface area contributed by atoms with Gasteiger partial charge in [0, 0.05) is 36.9 Å². The Bertz CT molecular complexity index is 841. The van der Waals surface area contributed by atoms with Crippen molar-refractivity contribution in [2.24, 2.45) is 5.92 Å². The van der Waals surface area contributed by atoms with Crippen LogP contribution >= 0.6 is 11.6 Å². The molecule has 0 saturated carbocycles.